The Morgan fingerprint density at radius 3 is 2.27 bits per heavy atom. The predicted molar refractivity (Wildman–Crippen MR) is 48.9 cm³/mol. The van der Waals surface area contributed by atoms with Crippen LogP contribution in [-0.4, -0.2) is 12.3 Å². The fourth-order valence-corrected chi connectivity index (χ4v) is 1.03. The molecule has 1 rings (SSSR count). The van der Waals surface area contributed by atoms with Crippen molar-refractivity contribution in [2.24, 2.45) is 5.16 Å². The highest BCUT2D eigenvalue weighted by atomic mass is 16.6. The van der Waals surface area contributed by atoms with Gasteiger partial charge in [0.15, 0.2) is 0 Å². The van der Waals surface area contributed by atoms with Crippen molar-refractivity contribution in [2.45, 2.75) is 46.5 Å². The standard InChI is InChI=1S/C7H13NO.C2H6/c1-2-9-8-7-5-3-4-6-7;1-2/h2-6H2,1H3;1-2H3. The summed E-state index contributed by atoms with van der Waals surface area (Å²) in [5.41, 5.74) is 1.25. The Labute approximate surface area is 69.6 Å². The highest BCUT2D eigenvalue weighted by Gasteiger charge is 2.07. The van der Waals surface area contributed by atoms with Crippen LogP contribution in [0.4, 0.5) is 0 Å². The molecule has 0 radical (unpaired) electrons. The van der Waals surface area contributed by atoms with Crippen LogP contribution in [-0.2, 0) is 4.84 Å². The first kappa shape index (κ1) is 10.5. The number of oxime groups is 1. The minimum Gasteiger partial charge on any atom is -0.396 e. The maximum absolute atomic E-state index is 4.91. The predicted octanol–water partition coefficient (Wildman–Crippen LogP) is 2.98. The van der Waals surface area contributed by atoms with Gasteiger partial charge in [-0.2, -0.15) is 0 Å². The molecule has 0 aromatic carbocycles. The SMILES string of the molecule is CC.CCON=C1CCCC1. The minimum atomic E-state index is 0.698. The second-order valence-corrected chi connectivity index (χ2v) is 2.28. The van der Waals surface area contributed by atoms with Crippen LogP contribution in [0.5, 0.6) is 0 Å². The third-order valence-electron chi connectivity index (χ3n) is 1.50. The first-order valence-corrected chi connectivity index (χ1v) is 4.61. The number of nitrogens with zero attached hydrogens (tertiary/aromatic N) is 1. The van der Waals surface area contributed by atoms with Crippen LogP contribution in [0.25, 0.3) is 0 Å². The quantitative estimate of drug-likeness (QED) is 0.565. The smallest absolute Gasteiger partial charge is 0.114 e. The van der Waals surface area contributed by atoms with E-state index in [0.717, 1.165) is 12.8 Å². The molecular formula is C9H19NO. The van der Waals surface area contributed by atoms with Crippen molar-refractivity contribution in [1.82, 2.24) is 0 Å². The summed E-state index contributed by atoms with van der Waals surface area (Å²) in [4.78, 5) is 4.91. The molecule has 0 saturated heterocycles. The molecule has 1 saturated carbocycles. The topological polar surface area (TPSA) is 21.6 Å². The number of hydrogen-bond acceptors (Lipinski definition) is 2. The molecule has 1 aliphatic rings. The number of rotatable bonds is 2. The van der Waals surface area contributed by atoms with Gasteiger partial charge in [0.05, 0.1) is 5.71 Å². The van der Waals surface area contributed by atoms with Gasteiger partial charge in [0.1, 0.15) is 6.61 Å². The summed E-state index contributed by atoms with van der Waals surface area (Å²) >= 11 is 0. The second-order valence-electron chi connectivity index (χ2n) is 2.28. The Bertz CT molecular complexity index is 102. The fraction of sp³-hybridized carbons (Fsp3) is 0.889. The highest BCUT2D eigenvalue weighted by molar-refractivity contribution is 5.85. The molecule has 0 heterocycles. The van der Waals surface area contributed by atoms with E-state index >= 15 is 0 Å². The maximum Gasteiger partial charge on any atom is 0.114 e. The molecular weight excluding hydrogens is 138 g/mol. The lowest BCUT2D eigenvalue weighted by molar-refractivity contribution is 0.158. The molecule has 2 heteroatoms. The Morgan fingerprint density at radius 2 is 1.82 bits per heavy atom. The number of hydrogen-bond donors (Lipinski definition) is 0. The van der Waals surface area contributed by atoms with E-state index < -0.39 is 0 Å². The third-order valence-corrected chi connectivity index (χ3v) is 1.50. The fourth-order valence-electron chi connectivity index (χ4n) is 1.03. The first-order chi connectivity index (χ1) is 5.43. The molecule has 0 aliphatic heterocycles. The van der Waals surface area contributed by atoms with Crippen molar-refractivity contribution in [2.75, 3.05) is 6.61 Å². The van der Waals surface area contributed by atoms with Crippen LogP contribution in [0.15, 0.2) is 5.16 Å². The van der Waals surface area contributed by atoms with Gasteiger partial charge < -0.3 is 4.84 Å². The lowest BCUT2D eigenvalue weighted by Crippen LogP contribution is -1.90. The van der Waals surface area contributed by atoms with Crippen LogP contribution in [0.2, 0.25) is 0 Å². The van der Waals surface area contributed by atoms with Gasteiger partial charge in [-0.15, -0.1) is 0 Å². The van der Waals surface area contributed by atoms with Crippen LogP contribution in [0, 0.1) is 0 Å². The van der Waals surface area contributed by atoms with Gasteiger partial charge in [0.2, 0.25) is 0 Å². The van der Waals surface area contributed by atoms with Crippen molar-refractivity contribution in [1.29, 1.82) is 0 Å². The van der Waals surface area contributed by atoms with E-state index in [2.05, 4.69) is 5.16 Å². The van der Waals surface area contributed by atoms with E-state index in [1.54, 1.807) is 0 Å². The Balaban J connectivity index is 0.000000461. The van der Waals surface area contributed by atoms with Crippen molar-refractivity contribution < 1.29 is 4.84 Å². The molecule has 2 nitrogen and oxygen atoms in total. The summed E-state index contributed by atoms with van der Waals surface area (Å²) in [6, 6.07) is 0. The molecule has 0 unspecified atom stereocenters. The van der Waals surface area contributed by atoms with Crippen LogP contribution < -0.4 is 0 Å². The van der Waals surface area contributed by atoms with Gasteiger partial charge in [0.25, 0.3) is 0 Å². The molecule has 66 valence electrons. The van der Waals surface area contributed by atoms with Crippen molar-refractivity contribution in [3.8, 4) is 0 Å². The van der Waals surface area contributed by atoms with Crippen LogP contribution in [0.1, 0.15) is 46.5 Å². The summed E-state index contributed by atoms with van der Waals surface area (Å²) in [6.45, 7) is 6.66. The first-order valence-electron chi connectivity index (χ1n) is 4.61. The zero-order chi connectivity index (χ0) is 8.53. The summed E-state index contributed by atoms with van der Waals surface area (Å²) in [5, 5.41) is 3.96. The third kappa shape index (κ3) is 4.82. The molecule has 1 aliphatic carbocycles. The van der Waals surface area contributed by atoms with E-state index in [0.29, 0.717) is 6.61 Å². The van der Waals surface area contributed by atoms with Gasteiger partial charge in [-0.1, -0.05) is 19.0 Å². The molecule has 1 fully saturated rings. The van der Waals surface area contributed by atoms with Gasteiger partial charge in [-0.05, 0) is 32.6 Å². The molecule has 0 bridgehead atoms. The Kier molecular flexibility index (Phi) is 7.21. The second kappa shape index (κ2) is 7.58. The average Bonchev–Trinajstić information content (AvgIpc) is 2.57. The maximum atomic E-state index is 4.91. The molecule has 11 heavy (non-hydrogen) atoms. The summed E-state index contributed by atoms with van der Waals surface area (Å²) in [6.07, 6.45) is 4.90. The van der Waals surface area contributed by atoms with E-state index in [1.165, 1.54) is 18.6 Å². The largest absolute Gasteiger partial charge is 0.396 e. The normalized spacial score (nSPS) is 15.4. The molecule has 0 N–H and O–H groups in total. The Morgan fingerprint density at radius 1 is 1.27 bits per heavy atom. The van der Waals surface area contributed by atoms with E-state index in [4.69, 9.17) is 4.84 Å². The van der Waals surface area contributed by atoms with Crippen molar-refractivity contribution in [3.05, 3.63) is 0 Å². The highest BCUT2D eigenvalue weighted by Crippen LogP contribution is 2.14. The molecule has 0 aromatic rings. The van der Waals surface area contributed by atoms with Gasteiger partial charge in [-0.3, -0.25) is 0 Å². The molecule has 0 spiro atoms. The summed E-state index contributed by atoms with van der Waals surface area (Å²) < 4.78 is 0. The Hall–Kier alpha value is -0.530. The monoisotopic (exact) mass is 157 g/mol. The van der Waals surface area contributed by atoms with Crippen molar-refractivity contribution >= 4 is 5.71 Å². The van der Waals surface area contributed by atoms with E-state index in [9.17, 15) is 0 Å². The molecule has 0 aromatic heterocycles. The lowest BCUT2D eigenvalue weighted by atomic mass is 10.3. The van der Waals surface area contributed by atoms with Crippen molar-refractivity contribution in [3.63, 3.8) is 0 Å². The minimum absolute atomic E-state index is 0.698. The van der Waals surface area contributed by atoms with E-state index in [-0.39, 0.29) is 0 Å². The average molecular weight is 157 g/mol. The lowest BCUT2D eigenvalue weighted by Gasteiger charge is -1.93. The molecule has 0 amide bonds. The van der Waals surface area contributed by atoms with Crippen LogP contribution in [0.3, 0.4) is 0 Å². The van der Waals surface area contributed by atoms with Crippen LogP contribution >= 0.6 is 0 Å². The van der Waals surface area contributed by atoms with Gasteiger partial charge in [0, 0.05) is 0 Å². The molecule has 0 atom stereocenters. The van der Waals surface area contributed by atoms with E-state index in [1.807, 2.05) is 20.8 Å². The zero-order valence-corrected chi connectivity index (χ0v) is 7.89. The van der Waals surface area contributed by atoms with Gasteiger partial charge >= 0.3 is 0 Å². The zero-order valence-electron chi connectivity index (χ0n) is 7.89. The summed E-state index contributed by atoms with van der Waals surface area (Å²) in [5.74, 6) is 0. The van der Waals surface area contributed by atoms with Gasteiger partial charge in [-0.25, -0.2) is 0 Å². The summed E-state index contributed by atoms with van der Waals surface area (Å²) in [7, 11) is 0.